The minimum Gasteiger partial charge on any atom is -0.508 e. The molecule has 0 amide bonds. The van der Waals surface area contributed by atoms with Crippen LogP contribution in [0.4, 0.5) is 11.4 Å². The van der Waals surface area contributed by atoms with Gasteiger partial charge < -0.3 is 29.4 Å². The van der Waals surface area contributed by atoms with Crippen molar-refractivity contribution in [3.8, 4) is 28.7 Å². The Kier molecular flexibility index (Phi) is 8.66. The zero-order valence-electron chi connectivity index (χ0n) is 20.3. The predicted molar refractivity (Wildman–Crippen MR) is 139 cm³/mol. The van der Waals surface area contributed by atoms with E-state index < -0.39 is 0 Å². The Balaban J connectivity index is 1.97. The first-order valence-corrected chi connectivity index (χ1v) is 10.7. The van der Waals surface area contributed by atoms with Gasteiger partial charge in [-0.1, -0.05) is 24.3 Å². The number of nitroso groups, excluding NO2 is 1. The maximum absolute atomic E-state index is 12.4. The number of hydrogen-bond donors (Lipinski definition) is 2. The molecule has 0 atom stereocenters. The molecule has 0 saturated carbocycles. The summed E-state index contributed by atoms with van der Waals surface area (Å²) in [6.45, 7) is 0. The zero-order valence-corrected chi connectivity index (χ0v) is 20.3. The molecular weight excluding hydrogens is 464 g/mol. The Hall–Kier alpha value is -4.79. The van der Waals surface area contributed by atoms with Crippen LogP contribution in [-0.2, 0) is 0 Å². The van der Waals surface area contributed by atoms with E-state index in [0.29, 0.717) is 34.1 Å². The van der Waals surface area contributed by atoms with E-state index in [1.807, 2.05) is 0 Å². The third-order valence-corrected chi connectivity index (χ3v) is 5.22. The molecule has 0 radical (unpaired) electrons. The lowest BCUT2D eigenvalue weighted by atomic mass is 10.1. The molecule has 36 heavy (non-hydrogen) atoms. The highest BCUT2D eigenvalue weighted by molar-refractivity contribution is 6.05. The van der Waals surface area contributed by atoms with Gasteiger partial charge in [0, 0.05) is 23.4 Å². The van der Waals surface area contributed by atoms with Gasteiger partial charge in [0.25, 0.3) is 0 Å². The molecule has 2 N–H and O–H groups in total. The van der Waals surface area contributed by atoms with Crippen LogP contribution in [0.15, 0.2) is 66.0 Å². The summed E-state index contributed by atoms with van der Waals surface area (Å²) in [7, 11) is 6.02. The number of phenolic OH excluding ortho intramolecular Hbond substituents is 1. The first kappa shape index (κ1) is 25.8. The van der Waals surface area contributed by atoms with E-state index in [9.17, 15) is 14.8 Å². The lowest BCUT2D eigenvalue weighted by Gasteiger charge is -2.13. The molecule has 0 unspecified atom stereocenters. The van der Waals surface area contributed by atoms with Crippen molar-refractivity contribution in [3.63, 3.8) is 0 Å². The van der Waals surface area contributed by atoms with Crippen LogP contribution in [0.25, 0.3) is 12.2 Å². The number of nitrogens with one attached hydrogen (secondary N) is 1. The molecule has 3 aromatic rings. The number of rotatable bonds is 11. The van der Waals surface area contributed by atoms with Crippen molar-refractivity contribution in [1.29, 1.82) is 0 Å². The van der Waals surface area contributed by atoms with Gasteiger partial charge in [-0.3, -0.25) is 4.79 Å². The Bertz CT molecular complexity index is 1290. The number of carbonyl (C=O) groups excluding carboxylic acids is 1. The lowest BCUT2D eigenvalue weighted by molar-refractivity contribution is 0.104. The van der Waals surface area contributed by atoms with Gasteiger partial charge in [-0.15, -0.1) is 4.91 Å². The van der Waals surface area contributed by atoms with E-state index in [1.54, 1.807) is 48.6 Å². The molecule has 0 spiro atoms. The fourth-order valence-corrected chi connectivity index (χ4v) is 3.47. The number of benzene rings is 3. The smallest absolute Gasteiger partial charge is 0.203 e. The van der Waals surface area contributed by atoms with E-state index >= 15 is 0 Å². The van der Waals surface area contributed by atoms with Crippen molar-refractivity contribution in [2.75, 3.05) is 33.8 Å². The Labute approximate surface area is 208 Å². The molecule has 0 aliphatic rings. The Morgan fingerprint density at radius 3 is 2.17 bits per heavy atom. The van der Waals surface area contributed by atoms with Gasteiger partial charge in [0.1, 0.15) is 11.5 Å². The normalized spacial score (nSPS) is 10.9. The van der Waals surface area contributed by atoms with E-state index in [4.69, 9.17) is 18.9 Å². The maximum Gasteiger partial charge on any atom is 0.203 e. The molecule has 186 valence electrons. The van der Waals surface area contributed by atoms with Crippen molar-refractivity contribution < 1.29 is 28.8 Å². The first-order chi connectivity index (χ1) is 17.4. The van der Waals surface area contributed by atoms with Crippen LogP contribution in [0, 0.1) is 4.91 Å². The highest BCUT2D eigenvalue weighted by Gasteiger charge is 2.15. The van der Waals surface area contributed by atoms with Gasteiger partial charge in [-0.05, 0) is 47.1 Å². The lowest BCUT2D eigenvalue weighted by Crippen LogP contribution is -1.98. The number of carbonyl (C=O) groups is 1. The number of anilines is 1. The molecule has 0 fully saturated rings. The first-order valence-electron chi connectivity index (χ1n) is 10.7. The van der Waals surface area contributed by atoms with Crippen LogP contribution in [0.2, 0.25) is 0 Å². The van der Waals surface area contributed by atoms with Crippen LogP contribution >= 0.6 is 0 Å². The second kappa shape index (κ2) is 12.1. The minimum absolute atomic E-state index is 0.0123. The maximum atomic E-state index is 12.4. The summed E-state index contributed by atoms with van der Waals surface area (Å²) < 4.78 is 21.4. The summed E-state index contributed by atoms with van der Waals surface area (Å²) in [5.41, 5.74) is 2.05. The van der Waals surface area contributed by atoms with Crippen LogP contribution in [0.1, 0.15) is 21.5 Å². The number of nitrogens with zero attached hydrogens (tertiary/aromatic N) is 1. The fourth-order valence-electron chi connectivity index (χ4n) is 3.47. The van der Waals surface area contributed by atoms with Crippen molar-refractivity contribution in [1.82, 2.24) is 0 Å². The standard InChI is InChI=1S/C27H26N2O7/c1-33-22-11-10-18(9-8-17-14-23(34-2)27(36-4)24(15-17)35-3)25(26(22)29-32)28-13-12-21(31)19-6-5-7-20(30)16-19/h5-16,28,30H,1-4H3/b9-8-,13-12-. The van der Waals surface area contributed by atoms with Gasteiger partial charge in [0.15, 0.2) is 23.0 Å². The van der Waals surface area contributed by atoms with Gasteiger partial charge >= 0.3 is 0 Å². The minimum atomic E-state index is -0.337. The topological polar surface area (TPSA) is 116 Å². The molecule has 0 aromatic heterocycles. The molecule has 3 aromatic carbocycles. The highest BCUT2D eigenvalue weighted by atomic mass is 16.5. The summed E-state index contributed by atoms with van der Waals surface area (Å²) in [4.78, 5) is 24.1. The van der Waals surface area contributed by atoms with E-state index in [-0.39, 0.29) is 23.0 Å². The number of allylic oxidation sites excluding steroid dienone is 1. The average Bonchev–Trinajstić information content (AvgIpc) is 2.90. The van der Waals surface area contributed by atoms with E-state index in [0.717, 1.165) is 5.56 Å². The quantitative estimate of drug-likeness (QED) is 0.150. The van der Waals surface area contributed by atoms with Crippen molar-refractivity contribution in [2.45, 2.75) is 0 Å². The van der Waals surface area contributed by atoms with Gasteiger partial charge in [-0.2, -0.15) is 0 Å². The van der Waals surface area contributed by atoms with Crippen LogP contribution in [0.5, 0.6) is 28.7 Å². The van der Waals surface area contributed by atoms with Crippen molar-refractivity contribution in [3.05, 3.63) is 82.4 Å². The number of phenols is 1. The Morgan fingerprint density at radius 1 is 0.889 bits per heavy atom. The third kappa shape index (κ3) is 5.82. The van der Waals surface area contributed by atoms with Crippen molar-refractivity contribution in [2.24, 2.45) is 5.18 Å². The summed E-state index contributed by atoms with van der Waals surface area (Å²) >= 11 is 0. The molecule has 0 heterocycles. The van der Waals surface area contributed by atoms with Crippen LogP contribution in [0.3, 0.4) is 0 Å². The molecule has 0 aliphatic carbocycles. The molecule has 0 aliphatic heterocycles. The number of hydrogen-bond acceptors (Lipinski definition) is 9. The van der Waals surface area contributed by atoms with Gasteiger partial charge in [-0.25, -0.2) is 0 Å². The summed E-state index contributed by atoms with van der Waals surface area (Å²) in [5.74, 6) is 1.38. The van der Waals surface area contributed by atoms with Gasteiger partial charge in [0.05, 0.1) is 34.1 Å². The zero-order chi connectivity index (χ0) is 26.1. The SMILES string of the molecule is COc1ccc(/C=C\c2cc(OC)c(OC)c(OC)c2)c(N/C=C\C(=O)c2cccc(O)c2)c1N=O. The van der Waals surface area contributed by atoms with Crippen molar-refractivity contribution >= 4 is 29.3 Å². The summed E-state index contributed by atoms with van der Waals surface area (Å²) in [5, 5.41) is 15.7. The molecule has 3 rings (SSSR count). The molecule has 9 heteroatoms. The monoisotopic (exact) mass is 490 g/mol. The average molecular weight is 491 g/mol. The van der Waals surface area contributed by atoms with Crippen LogP contribution in [-0.4, -0.2) is 39.3 Å². The second-order valence-electron chi connectivity index (χ2n) is 7.36. The van der Waals surface area contributed by atoms with Crippen LogP contribution < -0.4 is 24.3 Å². The fraction of sp³-hybridized carbons (Fsp3) is 0.148. The number of ether oxygens (including phenoxy) is 4. The van der Waals surface area contributed by atoms with Gasteiger partial charge in [0.2, 0.25) is 5.75 Å². The predicted octanol–water partition coefficient (Wildman–Crippen LogP) is 5.80. The molecule has 0 bridgehead atoms. The summed E-state index contributed by atoms with van der Waals surface area (Å²) in [6.07, 6.45) is 6.25. The number of ketones is 1. The molecule has 0 saturated heterocycles. The summed E-state index contributed by atoms with van der Waals surface area (Å²) in [6, 6.07) is 12.9. The molecular formula is C27H26N2O7. The van der Waals surface area contributed by atoms with E-state index in [2.05, 4.69) is 10.5 Å². The van der Waals surface area contributed by atoms with E-state index in [1.165, 1.54) is 52.8 Å². The largest absolute Gasteiger partial charge is 0.508 e. The highest BCUT2D eigenvalue weighted by Crippen LogP contribution is 2.41. The molecule has 9 nitrogen and oxygen atoms in total. The number of aromatic hydroxyl groups is 1. The Morgan fingerprint density at radius 2 is 1.58 bits per heavy atom. The number of methoxy groups -OCH3 is 4. The third-order valence-electron chi connectivity index (χ3n) is 5.22. The second-order valence-corrected chi connectivity index (χ2v) is 7.36.